The van der Waals surface area contributed by atoms with Gasteiger partial charge in [-0.3, -0.25) is 0 Å². The van der Waals surface area contributed by atoms with Crippen LogP contribution in [-0.4, -0.2) is 48.1 Å². The maximum Gasteiger partial charge on any atom is 0.116 e. The van der Waals surface area contributed by atoms with E-state index in [1.807, 2.05) is 6.07 Å². The second-order valence-electron chi connectivity index (χ2n) is 9.82. The quantitative estimate of drug-likeness (QED) is 0.611. The van der Waals surface area contributed by atoms with Crippen molar-refractivity contribution in [1.29, 1.82) is 0 Å². The fraction of sp³-hybridized carbons (Fsp3) is 0.652. The summed E-state index contributed by atoms with van der Waals surface area (Å²) in [6, 6.07) is 5.83. The van der Waals surface area contributed by atoms with Crippen LogP contribution in [0, 0.1) is 17.3 Å². The number of aromatic hydroxyl groups is 1. The molecule has 1 aromatic heterocycles. The highest BCUT2D eigenvalue weighted by molar-refractivity contribution is 5.40. The number of phenols is 1. The standard InChI is InChI=1S/C23H31N3O4/c1-22-8-6-18-17-5-3-15(28)10-14(17)2-4-19(18)20(22)7-9-23(22,30)21-12-26(25-24-21)11-16(29)13-27/h3,5,10,12,16,18-20,27-30H,2,4,6-9,11,13H2,1H3/t16-,18-,19-,20+,22+,23-/m1/s1. The highest BCUT2D eigenvalue weighted by Crippen LogP contribution is 2.66. The zero-order valence-corrected chi connectivity index (χ0v) is 17.4. The van der Waals surface area contributed by atoms with Gasteiger partial charge in [-0.1, -0.05) is 18.2 Å². The molecule has 7 nitrogen and oxygen atoms in total. The number of fused-ring (bicyclic) bond motifs is 5. The van der Waals surface area contributed by atoms with Gasteiger partial charge in [-0.15, -0.1) is 5.10 Å². The molecule has 0 saturated heterocycles. The molecule has 3 aliphatic rings. The van der Waals surface area contributed by atoms with Gasteiger partial charge < -0.3 is 20.4 Å². The van der Waals surface area contributed by atoms with Gasteiger partial charge in [0.25, 0.3) is 0 Å². The molecule has 30 heavy (non-hydrogen) atoms. The molecule has 3 aliphatic carbocycles. The van der Waals surface area contributed by atoms with Crippen molar-refractivity contribution in [3.63, 3.8) is 0 Å². The summed E-state index contributed by atoms with van der Waals surface area (Å²) in [6.07, 6.45) is 6.49. The molecule has 2 saturated carbocycles. The Bertz CT molecular complexity index is 946. The van der Waals surface area contributed by atoms with Gasteiger partial charge in [0.2, 0.25) is 0 Å². The monoisotopic (exact) mass is 413 g/mol. The van der Waals surface area contributed by atoms with Gasteiger partial charge in [-0.05, 0) is 79.5 Å². The first-order valence-corrected chi connectivity index (χ1v) is 11.1. The van der Waals surface area contributed by atoms with Crippen LogP contribution in [0.1, 0.15) is 61.8 Å². The van der Waals surface area contributed by atoms with E-state index >= 15 is 0 Å². The number of aliphatic hydroxyl groups excluding tert-OH is 2. The average molecular weight is 414 g/mol. The van der Waals surface area contributed by atoms with Gasteiger partial charge in [0.1, 0.15) is 17.0 Å². The SMILES string of the molecule is C[C@]12CC[C@@H]3c4ccc(O)cc4CC[C@H]3[C@@H]1CC[C@@]2(O)c1cn(C[C@@H](O)CO)nn1. The first-order chi connectivity index (χ1) is 14.4. The lowest BCUT2D eigenvalue weighted by molar-refractivity contribution is -0.111. The van der Waals surface area contributed by atoms with E-state index in [0.717, 1.165) is 32.1 Å². The predicted molar refractivity (Wildman–Crippen MR) is 110 cm³/mol. The Kier molecular flexibility index (Phi) is 4.69. The third-order valence-electron chi connectivity index (χ3n) is 8.43. The van der Waals surface area contributed by atoms with Crippen LogP contribution in [0.25, 0.3) is 0 Å². The van der Waals surface area contributed by atoms with Crippen LogP contribution in [0.2, 0.25) is 0 Å². The zero-order valence-electron chi connectivity index (χ0n) is 17.4. The van der Waals surface area contributed by atoms with Crippen molar-refractivity contribution in [2.75, 3.05) is 6.61 Å². The molecule has 2 fully saturated rings. The van der Waals surface area contributed by atoms with Crippen molar-refractivity contribution in [3.05, 3.63) is 41.2 Å². The summed E-state index contributed by atoms with van der Waals surface area (Å²) in [4.78, 5) is 0. The Hall–Kier alpha value is -1.96. The van der Waals surface area contributed by atoms with Crippen LogP contribution in [0.4, 0.5) is 0 Å². The molecule has 0 unspecified atom stereocenters. The molecule has 4 N–H and O–H groups in total. The molecule has 162 valence electrons. The maximum atomic E-state index is 11.9. The number of rotatable bonds is 4. The first kappa shape index (κ1) is 20.0. The minimum absolute atomic E-state index is 0.161. The largest absolute Gasteiger partial charge is 0.508 e. The van der Waals surface area contributed by atoms with E-state index in [0.29, 0.717) is 35.6 Å². The summed E-state index contributed by atoms with van der Waals surface area (Å²) in [5, 5.41) is 48.9. The summed E-state index contributed by atoms with van der Waals surface area (Å²) in [7, 11) is 0. The van der Waals surface area contributed by atoms with E-state index in [9.17, 15) is 15.3 Å². The number of aromatic nitrogens is 3. The van der Waals surface area contributed by atoms with Crippen LogP contribution in [0.3, 0.4) is 0 Å². The van der Waals surface area contributed by atoms with Crippen LogP contribution < -0.4 is 0 Å². The van der Waals surface area contributed by atoms with Gasteiger partial charge in [0.15, 0.2) is 0 Å². The Balaban J connectivity index is 1.43. The fourth-order valence-corrected chi connectivity index (χ4v) is 6.86. The first-order valence-electron chi connectivity index (χ1n) is 11.1. The van der Waals surface area contributed by atoms with Gasteiger partial charge >= 0.3 is 0 Å². The minimum atomic E-state index is -1.03. The molecular weight excluding hydrogens is 382 g/mol. The van der Waals surface area contributed by atoms with E-state index in [4.69, 9.17) is 5.11 Å². The van der Waals surface area contributed by atoms with Gasteiger partial charge in [0, 0.05) is 5.41 Å². The van der Waals surface area contributed by atoms with Crippen LogP contribution in [-0.2, 0) is 18.6 Å². The van der Waals surface area contributed by atoms with Crippen molar-refractivity contribution in [3.8, 4) is 5.75 Å². The molecule has 5 rings (SSSR count). The molecule has 0 spiro atoms. The van der Waals surface area contributed by atoms with Crippen LogP contribution in [0.15, 0.2) is 24.4 Å². The number of hydrogen-bond donors (Lipinski definition) is 4. The highest BCUT2D eigenvalue weighted by Gasteiger charge is 2.63. The summed E-state index contributed by atoms with van der Waals surface area (Å²) in [5.41, 5.74) is 1.94. The van der Waals surface area contributed by atoms with E-state index in [-0.39, 0.29) is 18.6 Å². The Morgan fingerprint density at radius 1 is 1.23 bits per heavy atom. The van der Waals surface area contributed by atoms with Gasteiger partial charge in [0.05, 0.1) is 25.5 Å². The molecule has 2 aromatic rings. The molecule has 6 atom stereocenters. The molecular formula is C23H31N3O4. The number of nitrogens with zero attached hydrogens (tertiary/aromatic N) is 3. The van der Waals surface area contributed by atoms with Crippen molar-refractivity contribution in [2.24, 2.45) is 17.3 Å². The highest BCUT2D eigenvalue weighted by atomic mass is 16.3. The van der Waals surface area contributed by atoms with E-state index < -0.39 is 11.7 Å². The maximum absolute atomic E-state index is 11.9. The normalized spacial score (nSPS) is 36.1. The topological polar surface area (TPSA) is 112 Å². The molecule has 1 heterocycles. The third kappa shape index (κ3) is 2.82. The lowest BCUT2D eigenvalue weighted by Crippen LogP contribution is -2.49. The number of benzene rings is 1. The molecule has 0 radical (unpaired) electrons. The molecule has 0 bridgehead atoms. The summed E-state index contributed by atoms with van der Waals surface area (Å²) in [5.74, 6) is 1.78. The Morgan fingerprint density at radius 2 is 2.07 bits per heavy atom. The second-order valence-corrected chi connectivity index (χ2v) is 9.82. The number of aliphatic hydroxyl groups is 3. The number of phenolic OH excluding ortho intramolecular Hbond substituents is 1. The van der Waals surface area contributed by atoms with Gasteiger partial charge in [-0.25, -0.2) is 4.68 Å². The Labute approximate surface area is 176 Å². The molecule has 1 aromatic carbocycles. The predicted octanol–water partition coefficient (Wildman–Crippen LogP) is 2.08. The average Bonchev–Trinajstić information content (AvgIpc) is 3.31. The van der Waals surface area contributed by atoms with E-state index in [1.54, 1.807) is 12.3 Å². The molecule has 0 aliphatic heterocycles. The van der Waals surface area contributed by atoms with Crippen LogP contribution in [0.5, 0.6) is 5.75 Å². The number of aryl methyl sites for hydroxylation is 1. The van der Waals surface area contributed by atoms with Gasteiger partial charge in [-0.2, -0.15) is 0 Å². The fourth-order valence-electron chi connectivity index (χ4n) is 6.86. The third-order valence-corrected chi connectivity index (χ3v) is 8.43. The zero-order chi connectivity index (χ0) is 21.1. The van der Waals surface area contributed by atoms with Crippen molar-refractivity contribution in [1.82, 2.24) is 15.0 Å². The molecule has 0 amide bonds. The Morgan fingerprint density at radius 3 is 2.87 bits per heavy atom. The minimum Gasteiger partial charge on any atom is -0.508 e. The smallest absolute Gasteiger partial charge is 0.116 e. The lowest BCUT2D eigenvalue weighted by Gasteiger charge is -2.52. The van der Waals surface area contributed by atoms with Crippen molar-refractivity contribution >= 4 is 0 Å². The van der Waals surface area contributed by atoms with Crippen molar-refractivity contribution in [2.45, 2.75) is 69.6 Å². The van der Waals surface area contributed by atoms with E-state index in [2.05, 4.69) is 23.3 Å². The number of hydrogen-bond acceptors (Lipinski definition) is 6. The summed E-state index contributed by atoms with van der Waals surface area (Å²) < 4.78 is 1.51. The second kappa shape index (κ2) is 7.04. The summed E-state index contributed by atoms with van der Waals surface area (Å²) in [6.45, 7) is 2.05. The lowest BCUT2D eigenvalue weighted by atomic mass is 9.53. The van der Waals surface area contributed by atoms with Crippen molar-refractivity contribution < 1.29 is 20.4 Å². The van der Waals surface area contributed by atoms with Crippen LogP contribution >= 0.6 is 0 Å². The van der Waals surface area contributed by atoms with E-state index in [1.165, 1.54) is 15.8 Å². The summed E-state index contributed by atoms with van der Waals surface area (Å²) >= 11 is 0. The molecule has 7 heteroatoms.